The highest BCUT2D eigenvalue weighted by Gasteiger charge is 2.06. The molecule has 108 valence electrons. The molecule has 2 N–H and O–H groups in total. The lowest BCUT2D eigenvalue weighted by Gasteiger charge is -2.03. The summed E-state index contributed by atoms with van der Waals surface area (Å²) in [6.45, 7) is 1.82. The molecule has 21 heavy (non-hydrogen) atoms. The predicted octanol–water partition coefficient (Wildman–Crippen LogP) is 3.26. The lowest BCUT2D eigenvalue weighted by atomic mass is 10.1. The number of phenols is 1. The van der Waals surface area contributed by atoms with Gasteiger partial charge in [-0.3, -0.25) is 4.79 Å². The van der Waals surface area contributed by atoms with Crippen molar-refractivity contribution in [2.24, 2.45) is 5.10 Å². The molecule has 0 atom stereocenters. The number of rotatable bonds is 3. The third kappa shape index (κ3) is 3.79. The number of nitrogens with one attached hydrogen (secondary N) is 1. The minimum atomic E-state index is -0.482. The van der Waals surface area contributed by atoms with Crippen LogP contribution in [0.1, 0.15) is 21.5 Å². The average molecular weight is 307 g/mol. The van der Waals surface area contributed by atoms with E-state index in [1.54, 1.807) is 12.1 Å². The Morgan fingerprint density at radius 2 is 2.00 bits per heavy atom. The van der Waals surface area contributed by atoms with Gasteiger partial charge in [0.2, 0.25) is 0 Å². The van der Waals surface area contributed by atoms with E-state index in [9.17, 15) is 14.3 Å². The van der Waals surface area contributed by atoms with Gasteiger partial charge in [0.1, 0.15) is 11.6 Å². The van der Waals surface area contributed by atoms with Crippen LogP contribution < -0.4 is 5.43 Å². The quantitative estimate of drug-likeness (QED) is 0.675. The van der Waals surface area contributed by atoms with E-state index in [2.05, 4.69) is 10.5 Å². The van der Waals surface area contributed by atoms with E-state index in [0.717, 1.165) is 5.56 Å². The summed E-state index contributed by atoms with van der Waals surface area (Å²) in [6, 6.07) is 8.36. The van der Waals surface area contributed by atoms with Crippen LogP contribution in [0.4, 0.5) is 4.39 Å². The van der Waals surface area contributed by atoms with Crippen molar-refractivity contribution in [3.8, 4) is 5.75 Å². The van der Waals surface area contributed by atoms with Gasteiger partial charge in [-0.25, -0.2) is 9.82 Å². The minimum absolute atomic E-state index is 0.109. The van der Waals surface area contributed by atoms with Crippen molar-refractivity contribution in [2.75, 3.05) is 0 Å². The molecule has 0 saturated carbocycles. The van der Waals surface area contributed by atoms with Crippen LogP contribution in [0.15, 0.2) is 41.5 Å². The number of amides is 1. The van der Waals surface area contributed by atoms with Crippen molar-refractivity contribution in [3.63, 3.8) is 0 Å². The molecule has 0 aliphatic rings. The van der Waals surface area contributed by atoms with Gasteiger partial charge in [-0.2, -0.15) is 5.10 Å². The van der Waals surface area contributed by atoms with Crippen LogP contribution in [-0.4, -0.2) is 17.2 Å². The molecule has 4 nitrogen and oxygen atoms in total. The molecule has 0 fully saturated rings. The maximum atomic E-state index is 12.7. The fraction of sp³-hybridized carbons (Fsp3) is 0.0667. The molecule has 0 unspecified atom stereocenters. The summed E-state index contributed by atoms with van der Waals surface area (Å²) >= 11 is 5.84. The summed E-state index contributed by atoms with van der Waals surface area (Å²) in [5.41, 5.74) is 3.80. The van der Waals surface area contributed by atoms with Gasteiger partial charge >= 0.3 is 0 Å². The van der Waals surface area contributed by atoms with Crippen LogP contribution in [0, 0.1) is 12.7 Å². The van der Waals surface area contributed by atoms with E-state index in [0.29, 0.717) is 5.56 Å². The highest BCUT2D eigenvalue weighted by atomic mass is 35.5. The van der Waals surface area contributed by atoms with Gasteiger partial charge in [0, 0.05) is 11.1 Å². The molecule has 0 heterocycles. The van der Waals surface area contributed by atoms with E-state index < -0.39 is 11.7 Å². The van der Waals surface area contributed by atoms with Crippen molar-refractivity contribution in [1.29, 1.82) is 0 Å². The Labute approximate surface area is 125 Å². The number of halogens is 2. The molecule has 0 saturated heterocycles. The molecule has 2 aromatic carbocycles. The second kappa shape index (κ2) is 6.37. The monoisotopic (exact) mass is 306 g/mol. The molecular formula is C15H12ClFN2O2. The molecule has 0 radical (unpaired) electrons. The average Bonchev–Trinajstić information content (AvgIpc) is 2.44. The number of carbonyl (C=O) groups excluding carboxylic acids is 1. The van der Waals surface area contributed by atoms with E-state index >= 15 is 0 Å². The molecule has 6 heteroatoms. The van der Waals surface area contributed by atoms with Crippen LogP contribution in [0.5, 0.6) is 5.75 Å². The summed E-state index contributed by atoms with van der Waals surface area (Å²) in [4.78, 5) is 11.7. The van der Waals surface area contributed by atoms with Crippen molar-refractivity contribution in [1.82, 2.24) is 5.43 Å². The number of hydrazone groups is 1. The highest BCUT2D eigenvalue weighted by Crippen LogP contribution is 2.27. The maximum absolute atomic E-state index is 12.7. The van der Waals surface area contributed by atoms with Gasteiger partial charge in [0.15, 0.2) is 0 Å². The molecule has 2 aromatic rings. The molecule has 0 aromatic heterocycles. The number of benzene rings is 2. The Bertz CT molecular complexity index is 700. The summed E-state index contributed by atoms with van der Waals surface area (Å²) in [6.07, 6.45) is 1.29. The predicted molar refractivity (Wildman–Crippen MR) is 79.3 cm³/mol. The number of phenolic OH excluding ortho intramolecular Hbond substituents is 1. The number of aryl methyl sites for hydroxylation is 1. The number of hydrogen-bond acceptors (Lipinski definition) is 3. The SMILES string of the molecule is Cc1cc(Cl)c(O)c(/C=N/NC(=O)c2ccc(F)cc2)c1. The lowest BCUT2D eigenvalue weighted by molar-refractivity contribution is 0.0955. The first-order valence-electron chi connectivity index (χ1n) is 6.05. The first kappa shape index (κ1) is 15.0. The summed E-state index contributed by atoms with van der Waals surface area (Å²) in [5, 5.41) is 13.7. The van der Waals surface area contributed by atoms with E-state index in [4.69, 9.17) is 11.6 Å². The van der Waals surface area contributed by atoms with Crippen molar-refractivity contribution in [3.05, 3.63) is 63.9 Å². The largest absolute Gasteiger partial charge is 0.506 e. The lowest BCUT2D eigenvalue weighted by Crippen LogP contribution is -2.17. The molecule has 0 spiro atoms. The fourth-order valence-corrected chi connectivity index (χ4v) is 1.97. The van der Waals surface area contributed by atoms with Crippen molar-refractivity contribution < 1.29 is 14.3 Å². The zero-order valence-electron chi connectivity index (χ0n) is 11.1. The second-order valence-electron chi connectivity index (χ2n) is 4.39. The molecule has 1 amide bonds. The molecule has 0 aliphatic heterocycles. The van der Waals surface area contributed by atoms with Crippen molar-refractivity contribution >= 4 is 23.7 Å². The Balaban J connectivity index is 2.09. The topological polar surface area (TPSA) is 61.7 Å². The zero-order chi connectivity index (χ0) is 15.4. The van der Waals surface area contributed by atoms with E-state index in [1.165, 1.54) is 30.5 Å². The van der Waals surface area contributed by atoms with Crippen molar-refractivity contribution in [2.45, 2.75) is 6.92 Å². The smallest absolute Gasteiger partial charge is 0.271 e. The Morgan fingerprint density at radius 1 is 1.33 bits per heavy atom. The highest BCUT2D eigenvalue weighted by molar-refractivity contribution is 6.32. The van der Waals surface area contributed by atoms with Gasteiger partial charge in [0.25, 0.3) is 5.91 Å². The Hall–Kier alpha value is -2.40. The van der Waals surface area contributed by atoms with E-state index in [1.807, 2.05) is 6.92 Å². The zero-order valence-corrected chi connectivity index (χ0v) is 11.9. The standard InChI is InChI=1S/C15H12ClFN2O2/c1-9-6-11(14(20)13(16)7-9)8-18-19-15(21)10-2-4-12(17)5-3-10/h2-8,20H,1H3,(H,19,21)/b18-8+. The van der Waals surface area contributed by atoms with Gasteiger partial charge in [0.05, 0.1) is 11.2 Å². The van der Waals surface area contributed by atoms with Gasteiger partial charge in [-0.1, -0.05) is 11.6 Å². The summed E-state index contributed by atoms with van der Waals surface area (Å²) in [7, 11) is 0. The normalized spacial score (nSPS) is 10.8. The fourth-order valence-electron chi connectivity index (χ4n) is 1.69. The molecule has 2 rings (SSSR count). The molecular weight excluding hydrogens is 295 g/mol. The molecule has 0 aliphatic carbocycles. The third-order valence-corrected chi connectivity index (χ3v) is 3.00. The number of hydrogen-bond donors (Lipinski definition) is 2. The summed E-state index contributed by atoms with van der Waals surface area (Å²) < 4.78 is 12.7. The van der Waals surface area contributed by atoms with E-state index in [-0.39, 0.29) is 16.3 Å². The number of carbonyl (C=O) groups is 1. The van der Waals surface area contributed by atoms with Crippen LogP contribution in [-0.2, 0) is 0 Å². The maximum Gasteiger partial charge on any atom is 0.271 e. The first-order valence-corrected chi connectivity index (χ1v) is 6.43. The van der Waals surface area contributed by atoms with Crippen LogP contribution >= 0.6 is 11.6 Å². The third-order valence-electron chi connectivity index (χ3n) is 2.71. The van der Waals surface area contributed by atoms with Crippen LogP contribution in [0.3, 0.4) is 0 Å². The minimum Gasteiger partial charge on any atom is -0.506 e. The van der Waals surface area contributed by atoms with Gasteiger partial charge in [-0.15, -0.1) is 0 Å². The molecule has 0 bridgehead atoms. The first-order chi connectivity index (χ1) is 9.97. The second-order valence-corrected chi connectivity index (χ2v) is 4.80. The summed E-state index contributed by atoms with van der Waals surface area (Å²) in [5.74, 6) is -1.01. The number of nitrogens with zero attached hydrogens (tertiary/aromatic N) is 1. The Kier molecular flexibility index (Phi) is 4.55. The van der Waals surface area contributed by atoms with Gasteiger partial charge < -0.3 is 5.11 Å². The van der Waals surface area contributed by atoms with Crippen LogP contribution in [0.25, 0.3) is 0 Å². The Morgan fingerprint density at radius 3 is 2.67 bits per heavy atom. The number of aromatic hydroxyl groups is 1. The van der Waals surface area contributed by atoms with Gasteiger partial charge in [-0.05, 0) is 48.9 Å². The van der Waals surface area contributed by atoms with Crippen LogP contribution in [0.2, 0.25) is 5.02 Å².